The number of guanidine groups is 1. The van der Waals surface area contributed by atoms with Gasteiger partial charge in [0.1, 0.15) is 6.04 Å². The zero-order chi connectivity index (χ0) is 32.5. The molecule has 1 atom stereocenters. The number of esters is 1. The molecule has 2 aromatic carbocycles. The Bertz CT molecular complexity index is 1560. The molecule has 4 aliphatic heterocycles. The maximum Gasteiger partial charge on any atom is 0.416 e. The minimum absolute atomic E-state index is 0.0507. The number of rotatable bonds is 8. The van der Waals surface area contributed by atoms with Crippen molar-refractivity contribution in [3.8, 4) is 6.07 Å². The molecule has 0 aliphatic carbocycles. The molecule has 3 N–H and O–H groups in total. The van der Waals surface area contributed by atoms with Gasteiger partial charge >= 0.3 is 18.2 Å². The normalized spacial score (nSPS) is 23.2. The highest BCUT2D eigenvalue weighted by atomic mass is 19.4. The lowest BCUT2D eigenvalue weighted by molar-refractivity contribution is -0.942. The Morgan fingerprint density at radius 1 is 1.11 bits per heavy atom. The van der Waals surface area contributed by atoms with Crippen molar-refractivity contribution in [2.75, 3.05) is 38.2 Å². The summed E-state index contributed by atoms with van der Waals surface area (Å²) in [5.74, 6) is -0.474. The number of quaternary nitrogens is 1. The number of carbonyl (C=O) groups excluding carboxylic acids is 2. The fraction of sp³-hybridized carbons (Fsp3) is 0.455. The minimum Gasteiger partial charge on any atom is -0.466 e. The number of allylic oxidation sites excluding steroid dienone is 1. The fourth-order valence-corrected chi connectivity index (χ4v) is 7.26. The summed E-state index contributed by atoms with van der Waals surface area (Å²) in [7, 11) is 1.17. The van der Waals surface area contributed by atoms with E-state index in [-0.39, 0.29) is 17.0 Å². The third kappa shape index (κ3) is 6.27. The standard InChI is InChI=1S/C33H37F3N6O3/c1-21-28(30(43)45-2)29(41(32(39)44)31(38)40(21)26-8-5-7-25(19-26)33(34,35)36)27-10-9-23(20-37)18-24(27)6-3-4-14-42-15-11-22(12-16-42)13-17-42/h5,7-10,18-19,22,29,38H,3-4,6,11-17H2,1-2H3,(H-,39,44)/p+1/t22?,29-,42?/m1/s1. The lowest BCUT2D eigenvalue weighted by atomic mass is 9.85. The number of nitrogens with two attached hydrogens (primary N) is 1. The van der Waals surface area contributed by atoms with Gasteiger partial charge in [-0.15, -0.1) is 0 Å². The first kappa shape index (κ1) is 32.0. The number of nitrogens with zero attached hydrogens (tertiary/aromatic N) is 4. The number of unbranched alkanes of at least 4 members (excludes halogenated alkanes) is 1. The van der Waals surface area contributed by atoms with Crippen molar-refractivity contribution in [2.45, 2.75) is 57.7 Å². The van der Waals surface area contributed by atoms with E-state index in [1.807, 2.05) is 0 Å². The van der Waals surface area contributed by atoms with Gasteiger partial charge < -0.3 is 15.0 Å². The summed E-state index contributed by atoms with van der Waals surface area (Å²) in [6.07, 6.45) is 1.50. The van der Waals surface area contributed by atoms with Gasteiger partial charge in [-0.1, -0.05) is 12.1 Å². The Labute approximate surface area is 260 Å². The minimum atomic E-state index is -4.66. The molecule has 2 aromatic rings. The quantitative estimate of drug-likeness (QED) is 0.217. The molecule has 0 aromatic heterocycles. The number of hydrogen-bond donors (Lipinski definition) is 2. The van der Waals surface area contributed by atoms with Gasteiger partial charge in [-0.2, -0.15) is 18.4 Å². The van der Waals surface area contributed by atoms with E-state index in [4.69, 9.17) is 15.9 Å². The van der Waals surface area contributed by atoms with Crippen LogP contribution in [0.5, 0.6) is 0 Å². The summed E-state index contributed by atoms with van der Waals surface area (Å²) < 4.78 is 47.0. The number of nitriles is 1. The van der Waals surface area contributed by atoms with Crippen LogP contribution in [0.4, 0.5) is 23.7 Å². The monoisotopic (exact) mass is 623 g/mol. The van der Waals surface area contributed by atoms with E-state index in [0.717, 1.165) is 57.3 Å². The Hall–Kier alpha value is -4.37. The zero-order valence-electron chi connectivity index (χ0n) is 25.5. The first-order chi connectivity index (χ1) is 21.4. The third-order valence-corrected chi connectivity index (χ3v) is 9.70. The highest BCUT2D eigenvalue weighted by molar-refractivity contribution is 6.10. The highest BCUT2D eigenvalue weighted by Crippen LogP contribution is 2.42. The van der Waals surface area contributed by atoms with Crippen LogP contribution in [0.2, 0.25) is 0 Å². The number of amides is 2. The predicted octanol–water partition coefficient (Wildman–Crippen LogP) is 5.85. The molecule has 4 heterocycles. The second-order valence-corrected chi connectivity index (χ2v) is 12.3. The molecule has 2 amide bonds. The van der Waals surface area contributed by atoms with Crippen LogP contribution in [0.3, 0.4) is 0 Å². The molecule has 6 rings (SSSR count). The van der Waals surface area contributed by atoms with E-state index in [9.17, 15) is 28.0 Å². The van der Waals surface area contributed by atoms with Gasteiger partial charge in [0.05, 0.1) is 56.1 Å². The van der Waals surface area contributed by atoms with Gasteiger partial charge in [0.15, 0.2) is 0 Å². The van der Waals surface area contributed by atoms with E-state index in [2.05, 4.69) is 6.07 Å². The van der Waals surface area contributed by atoms with Crippen LogP contribution in [0.25, 0.3) is 0 Å². The number of ether oxygens (including phenoxy) is 1. The Morgan fingerprint density at radius 3 is 2.40 bits per heavy atom. The maximum atomic E-state index is 13.6. The van der Waals surface area contributed by atoms with Crippen LogP contribution in [-0.4, -0.2) is 60.6 Å². The molecule has 4 aliphatic rings. The summed E-state index contributed by atoms with van der Waals surface area (Å²) in [6, 6.07) is 9.10. The molecule has 3 saturated heterocycles. The molecule has 0 spiro atoms. The number of methoxy groups -OCH3 is 1. The smallest absolute Gasteiger partial charge is 0.416 e. The van der Waals surface area contributed by atoms with E-state index >= 15 is 0 Å². The first-order valence-corrected chi connectivity index (χ1v) is 15.2. The number of urea groups is 1. The third-order valence-electron chi connectivity index (χ3n) is 9.70. The van der Waals surface area contributed by atoms with Crippen LogP contribution >= 0.6 is 0 Å². The number of aryl methyl sites for hydroxylation is 1. The lowest BCUT2D eigenvalue weighted by Gasteiger charge is -2.49. The van der Waals surface area contributed by atoms with Gasteiger partial charge in [-0.25, -0.2) is 9.59 Å². The predicted molar refractivity (Wildman–Crippen MR) is 162 cm³/mol. The second kappa shape index (κ2) is 12.6. The number of anilines is 1. The van der Waals surface area contributed by atoms with Gasteiger partial charge in [0.2, 0.25) is 5.96 Å². The topological polar surface area (TPSA) is 124 Å². The Kier molecular flexibility index (Phi) is 8.94. The number of carbonyl (C=O) groups is 2. The molecular weight excluding hydrogens is 585 g/mol. The summed E-state index contributed by atoms with van der Waals surface area (Å²) in [4.78, 5) is 28.4. The van der Waals surface area contributed by atoms with Crippen LogP contribution < -0.4 is 10.6 Å². The van der Waals surface area contributed by atoms with Crippen molar-refractivity contribution in [3.05, 3.63) is 76.0 Å². The number of nitrogens with one attached hydrogen (secondary N) is 1. The molecule has 9 nitrogen and oxygen atoms in total. The molecule has 12 heteroatoms. The summed E-state index contributed by atoms with van der Waals surface area (Å²) in [5.41, 5.74) is 6.47. The molecule has 0 radical (unpaired) electrons. The number of benzene rings is 2. The van der Waals surface area contributed by atoms with Crippen molar-refractivity contribution < 1.29 is 32.0 Å². The van der Waals surface area contributed by atoms with Gasteiger partial charge in [0, 0.05) is 11.4 Å². The van der Waals surface area contributed by atoms with Gasteiger partial charge in [0.25, 0.3) is 0 Å². The summed E-state index contributed by atoms with van der Waals surface area (Å²) in [5, 5.41) is 18.7. The fourth-order valence-electron chi connectivity index (χ4n) is 7.26. The molecule has 45 heavy (non-hydrogen) atoms. The molecule has 2 bridgehead atoms. The molecule has 0 saturated carbocycles. The average Bonchev–Trinajstić information content (AvgIpc) is 3.03. The van der Waals surface area contributed by atoms with Gasteiger partial charge in [-0.3, -0.25) is 15.2 Å². The summed E-state index contributed by atoms with van der Waals surface area (Å²) in [6.45, 7) is 6.21. The number of hydrogen-bond acceptors (Lipinski definition) is 5. The lowest BCUT2D eigenvalue weighted by Crippen LogP contribution is -2.58. The number of piperidine rings is 3. The largest absolute Gasteiger partial charge is 0.466 e. The van der Waals surface area contributed by atoms with Gasteiger partial charge in [-0.05, 0) is 92.8 Å². The van der Waals surface area contributed by atoms with E-state index in [0.29, 0.717) is 17.5 Å². The Balaban J connectivity index is 1.54. The molecule has 0 unspecified atom stereocenters. The van der Waals surface area contributed by atoms with Crippen LogP contribution in [0.15, 0.2) is 53.7 Å². The Morgan fingerprint density at radius 2 is 1.80 bits per heavy atom. The van der Waals surface area contributed by atoms with Crippen molar-refractivity contribution in [1.29, 1.82) is 10.7 Å². The van der Waals surface area contributed by atoms with Crippen molar-refractivity contribution in [2.24, 2.45) is 11.7 Å². The molecule has 238 valence electrons. The SMILES string of the molecule is COC(=O)C1=C(C)N(c2cccc(C(F)(F)F)c2)C(=N)N(C(N)=O)[C@@H]1c1ccc(C#N)cc1CCCC[N+]12CCC(CC1)CC2. The number of halogens is 3. The van der Waals surface area contributed by atoms with E-state index in [1.165, 1.54) is 65.1 Å². The highest BCUT2D eigenvalue weighted by Gasteiger charge is 2.45. The van der Waals surface area contributed by atoms with Crippen molar-refractivity contribution >= 4 is 23.6 Å². The maximum absolute atomic E-state index is 13.6. The van der Waals surface area contributed by atoms with E-state index in [1.54, 1.807) is 18.2 Å². The van der Waals surface area contributed by atoms with Crippen molar-refractivity contribution in [1.82, 2.24) is 4.90 Å². The molecule has 3 fully saturated rings. The number of fused-ring (bicyclic) bond motifs is 3. The number of primary amides is 1. The number of alkyl halides is 3. The zero-order valence-corrected chi connectivity index (χ0v) is 25.5. The van der Waals surface area contributed by atoms with Crippen molar-refractivity contribution in [3.63, 3.8) is 0 Å². The molecular formula is C33H38F3N6O3+. The summed E-state index contributed by atoms with van der Waals surface area (Å²) >= 11 is 0. The first-order valence-electron chi connectivity index (χ1n) is 15.2. The van der Waals surface area contributed by atoms with Crippen LogP contribution in [0.1, 0.15) is 67.3 Å². The van der Waals surface area contributed by atoms with Crippen LogP contribution in [0, 0.1) is 22.7 Å². The van der Waals surface area contributed by atoms with E-state index < -0.39 is 35.7 Å². The second-order valence-electron chi connectivity index (χ2n) is 12.3. The average molecular weight is 624 g/mol. The van der Waals surface area contributed by atoms with Crippen LogP contribution in [-0.2, 0) is 22.1 Å².